The van der Waals surface area contributed by atoms with Gasteiger partial charge in [0.1, 0.15) is 12.4 Å². The van der Waals surface area contributed by atoms with Gasteiger partial charge in [-0.25, -0.2) is 4.39 Å². The number of hydrogen-bond donors (Lipinski definition) is 1. The Labute approximate surface area is 124 Å². The Hall–Kier alpha value is -1.05. The molecule has 1 saturated heterocycles. The second-order valence-electron chi connectivity index (χ2n) is 4.69. The second kappa shape index (κ2) is 6.81. The molecule has 0 aromatic heterocycles. The summed E-state index contributed by atoms with van der Waals surface area (Å²) in [5.41, 5.74) is 0.541. The number of hydrogen-bond acceptors (Lipinski definition) is 3. The fourth-order valence-electron chi connectivity index (χ4n) is 2.32. The molecule has 3 nitrogen and oxygen atoms in total. The van der Waals surface area contributed by atoms with Crippen molar-refractivity contribution in [2.45, 2.75) is 12.4 Å². The van der Waals surface area contributed by atoms with Gasteiger partial charge in [-0.2, -0.15) is 0 Å². The van der Waals surface area contributed by atoms with E-state index < -0.39 is 24.8 Å². The van der Waals surface area contributed by atoms with E-state index in [2.05, 4.69) is 10.1 Å². The van der Waals surface area contributed by atoms with Crippen LogP contribution in [0.3, 0.4) is 0 Å². The van der Waals surface area contributed by atoms with Crippen molar-refractivity contribution in [3.63, 3.8) is 0 Å². The first-order valence-corrected chi connectivity index (χ1v) is 6.84. The number of benzene rings is 1. The molecule has 1 atom stereocenters. The third-order valence-electron chi connectivity index (χ3n) is 3.30. The van der Waals surface area contributed by atoms with Crippen LogP contribution in [-0.4, -0.2) is 44.1 Å². The molecule has 1 fully saturated rings. The highest BCUT2D eigenvalue weighted by Gasteiger charge is 2.32. The highest BCUT2D eigenvalue weighted by atomic mass is 35.5. The molecule has 0 spiro atoms. The van der Waals surface area contributed by atoms with E-state index in [1.807, 2.05) is 4.90 Å². The summed E-state index contributed by atoms with van der Waals surface area (Å²) in [4.78, 5) is 1.94. The van der Waals surface area contributed by atoms with Crippen molar-refractivity contribution in [3.8, 4) is 5.75 Å². The van der Waals surface area contributed by atoms with Crippen LogP contribution in [0.25, 0.3) is 0 Å². The van der Waals surface area contributed by atoms with Crippen LogP contribution in [0.5, 0.6) is 5.75 Å². The van der Waals surface area contributed by atoms with Crippen LogP contribution in [-0.2, 0) is 0 Å². The van der Waals surface area contributed by atoms with Crippen molar-refractivity contribution < 1.29 is 22.3 Å². The van der Waals surface area contributed by atoms with Gasteiger partial charge in [0.05, 0.1) is 11.1 Å². The molecule has 8 heteroatoms. The van der Waals surface area contributed by atoms with E-state index in [9.17, 15) is 17.6 Å². The molecule has 0 amide bonds. The molecule has 0 aliphatic carbocycles. The lowest BCUT2D eigenvalue weighted by Gasteiger charge is -2.33. The molecule has 1 aromatic rings. The van der Waals surface area contributed by atoms with Crippen molar-refractivity contribution in [3.05, 3.63) is 28.8 Å². The highest BCUT2D eigenvalue weighted by molar-refractivity contribution is 6.32. The quantitative estimate of drug-likeness (QED) is 0.860. The van der Waals surface area contributed by atoms with Gasteiger partial charge in [0.2, 0.25) is 0 Å². The Bertz CT molecular complexity index is 478. The van der Waals surface area contributed by atoms with Crippen molar-refractivity contribution in [2.75, 3.05) is 32.9 Å². The zero-order valence-corrected chi connectivity index (χ0v) is 11.8. The molecule has 1 heterocycles. The van der Waals surface area contributed by atoms with Crippen LogP contribution >= 0.6 is 11.6 Å². The van der Waals surface area contributed by atoms with Gasteiger partial charge in [0, 0.05) is 26.2 Å². The lowest BCUT2D eigenvalue weighted by atomic mass is 10.1. The Morgan fingerprint density at radius 1 is 1.29 bits per heavy atom. The van der Waals surface area contributed by atoms with Gasteiger partial charge in [-0.3, -0.25) is 4.90 Å². The average Bonchev–Trinajstić information content (AvgIpc) is 2.42. The van der Waals surface area contributed by atoms with E-state index in [0.717, 1.165) is 19.2 Å². The lowest BCUT2D eigenvalue weighted by molar-refractivity contribution is -0.274. The highest BCUT2D eigenvalue weighted by Crippen LogP contribution is 2.33. The minimum absolute atomic E-state index is 0.182. The van der Waals surface area contributed by atoms with Crippen LogP contribution in [0.15, 0.2) is 18.2 Å². The fraction of sp³-hybridized carbons (Fsp3) is 0.538. The Morgan fingerprint density at radius 2 is 1.95 bits per heavy atom. The van der Waals surface area contributed by atoms with Crippen LogP contribution in [0.4, 0.5) is 17.6 Å². The number of halogens is 5. The Kier molecular flexibility index (Phi) is 5.29. The molecule has 0 bridgehead atoms. The molecule has 1 aromatic carbocycles. The molecular formula is C13H15ClF4N2O. The maximum absolute atomic E-state index is 13.3. The van der Waals surface area contributed by atoms with Crippen molar-refractivity contribution in [2.24, 2.45) is 0 Å². The monoisotopic (exact) mass is 326 g/mol. The third kappa shape index (κ3) is 4.46. The largest absolute Gasteiger partial charge is 0.573 e. The first-order valence-electron chi connectivity index (χ1n) is 6.46. The summed E-state index contributed by atoms with van der Waals surface area (Å²) in [6.07, 6.45) is -4.80. The van der Waals surface area contributed by atoms with Crippen molar-refractivity contribution >= 4 is 11.6 Å². The topological polar surface area (TPSA) is 24.5 Å². The predicted molar refractivity (Wildman–Crippen MR) is 71.3 cm³/mol. The minimum Gasteiger partial charge on any atom is -0.404 e. The number of nitrogens with one attached hydrogen (secondary N) is 1. The van der Waals surface area contributed by atoms with E-state index in [0.29, 0.717) is 18.7 Å². The summed E-state index contributed by atoms with van der Waals surface area (Å²) in [7, 11) is 0. The smallest absolute Gasteiger partial charge is 0.404 e. The number of ether oxygens (including phenoxy) is 1. The summed E-state index contributed by atoms with van der Waals surface area (Å²) >= 11 is 5.80. The number of piperazine rings is 1. The lowest BCUT2D eigenvalue weighted by Crippen LogP contribution is -2.45. The Balaban J connectivity index is 2.17. The van der Waals surface area contributed by atoms with Crippen molar-refractivity contribution in [1.82, 2.24) is 10.2 Å². The molecule has 0 unspecified atom stereocenters. The maximum Gasteiger partial charge on any atom is 0.573 e. The van der Waals surface area contributed by atoms with Gasteiger partial charge in [0.25, 0.3) is 0 Å². The predicted octanol–water partition coefficient (Wildman–Crippen LogP) is 3.15. The molecule has 118 valence electrons. The van der Waals surface area contributed by atoms with Gasteiger partial charge in [-0.15, -0.1) is 13.2 Å². The summed E-state index contributed by atoms with van der Waals surface area (Å²) in [6.45, 7) is 2.22. The fourth-order valence-corrected chi connectivity index (χ4v) is 2.55. The second-order valence-corrected chi connectivity index (χ2v) is 5.10. The molecule has 1 N–H and O–H groups in total. The summed E-state index contributed by atoms with van der Waals surface area (Å²) in [5, 5.41) is 2.97. The zero-order valence-electron chi connectivity index (χ0n) is 11.1. The first-order chi connectivity index (χ1) is 9.90. The van der Waals surface area contributed by atoms with Crippen molar-refractivity contribution in [1.29, 1.82) is 0 Å². The van der Waals surface area contributed by atoms with Crippen LogP contribution < -0.4 is 10.1 Å². The number of alkyl halides is 4. The average molecular weight is 327 g/mol. The molecule has 2 rings (SSSR count). The Morgan fingerprint density at radius 3 is 2.48 bits per heavy atom. The van der Waals surface area contributed by atoms with E-state index in [4.69, 9.17) is 11.6 Å². The molecular weight excluding hydrogens is 312 g/mol. The van der Waals surface area contributed by atoms with E-state index in [-0.39, 0.29) is 5.02 Å². The number of nitrogens with zero attached hydrogens (tertiary/aromatic N) is 1. The van der Waals surface area contributed by atoms with Gasteiger partial charge >= 0.3 is 6.36 Å². The molecule has 0 radical (unpaired) electrons. The zero-order chi connectivity index (χ0) is 15.5. The van der Waals surface area contributed by atoms with Gasteiger partial charge < -0.3 is 10.1 Å². The molecule has 21 heavy (non-hydrogen) atoms. The molecule has 0 saturated carbocycles. The molecule has 1 aliphatic rings. The summed E-state index contributed by atoms with van der Waals surface area (Å²) in [5.74, 6) is -0.481. The molecule has 1 aliphatic heterocycles. The van der Waals surface area contributed by atoms with Gasteiger partial charge in [-0.05, 0) is 17.7 Å². The van der Waals surface area contributed by atoms with Gasteiger partial charge in [0.15, 0.2) is 0 Å². The minimum atomic E-state index is -4.80. The third-order valence-corrected chi connectivity index (χ3v) is 3.60. The summed E-state index contributed by atoms with van der Waals surface area (Å²) < 4.78 is 53.7. The van der Waals surface area contributed by atoms with Gasteiger partial charge in [-0.1, -0.05) is 17.7 Å². The first kappa shape index (κ1) is 16.3. The standard InChI is InChI=1S/C13H15ClF4N2O/c14-10-7-9(1-2-12(10)21-13(16,17)18)11(8-15)20-5-3-19-4-6-20/h1-2,7,11,19H,3-6,8H2/t11-/m1/s1. The van der Waals surface area contributed by atoms with Crippen LogP contribution in [0, 0.1) is 0 Å². The van der Waals surface area contributed by atoms with Crippen LogP contribution in [0.2, 0.25) is 5.02 Å². The SMILES string of the molecule is FC[C@H](c1ccc(OC(F)(F)F)c(Cl)c1)N1CCNCC1. The normalized spacial score (nSPS) is 18.5. The van der Waals surface area contributed by atoms with Crippen LogP contribution in [0.1, 0.15) is 11.6 Å². The van der Waals surface area contributed by atoms with E-state index in [1.54, 1.807) is 0 Å². The van der Waals surface area contributed by atoms with E-state index >= 15 is 0 Å². The number of rotatable bonds is 4. The maximum atomic E-state index is 13.3. The summed E-state index contributed by atoms with van der Waals surface area (Å²) in [6, 6.07) is 3.36. The van der Waals surface area contributed by atoms with E-state index in [1.165, 1.54) is 12.1 Å².